The molecule has 0 radical (unpaired) electrons. The van der Waals surface area contributed by atoms with Gasteiger partial charge in [0.2, 0.25) is 0 Å². The monoisotopic (exact) mass is 371 g/mol. The summed E-state index contributed by atoms with van der Waals surface area (Å²) in [6, 6.07) is 8.67. The van der Waals surface area contributed by atoms with Gasteiger partial charge in [-0.1, -0.05) is 23.2 Å². The molecule has 1 aliphatic heterocycles. The molecule has 1 amide bonds. The summed E-state index contributed by atoms with van der Waals surface area (Å²) >= 11 is 11.7. The summed E-state index contributed by atoms with van der Waals surface area (Å²) in [5.41, 5.74) is 0.828. The lowest BCUT2D eigenvalue weighted by atomic mass is 10.2. The van der Waals surface area contributed by atoms with E-state index in [0.717, 1.165) is 5.56 Å². The predicted octanol–water partition coefficient (Wildman–Crippen LogP) is 3.05. The molecule has 23 heavy (non-hydrogen) atoms. The van der Waals surface area contributed by atoms with Gasteiger partial charge in [0.05, 0.1) is 22.1 Å². The maximum atomic E-state index is 12.4. The number of ether oxygens (including phenoxy) is 1. The molecule has 120 valence electrons. The molecule has 0 atom stereocenters. The second-order valence-electron chi connectivity index (χ2n) is 4.93. The van der Waals surface area contributed by atoms with Crippen molar-refractivity contribution < 1.29 is 17.9 Å². The number of hydrogen-bond donors (Lipinski definition) is 1. The van der Waals surface area contributed by atoms with E-state index in [2.05, 4.69) is 0 Å². The highest BCUT2D eigenvalue weighted by Gasteiger charge is 2.23. The quantitative estimate of drug-likeness (QED) is 0.899. The summed E-state index contributed by atoms with van der Waals surface area (Å²) in [6.07, 6.45) is 0.635. The lowest BCUT2D eigenvalue weighted by Gasteiger charge is -2.09. The molecule has 1 aliphatic rings. The minimum Gasteiger partial charge on any atom is -0.493 e. The molecule has 2 aromatic rings. The first kappa shape index (κ1) is 16.1. The zero-order chi connectivity index (χ0) is 16.6. The molecule has 0 saturated carbocycles. The van der Waals surface area contributed by atoms with E-state index in [1.54, 1.807) is 6.07 Å². The molecule has 0 spiro atoms. The summed E-state index contributed by atoms with van der Waals surface area (Å²) < 4.78 is 32.0. The largest absolute Gasteiger partial charge is 0.493 e. The Morgan fingerprint density at radius 3 is 2.65 bits per heavy atom. The van der Waals surface area contributed by atoms with Gasteiger partial charge in [-0.3, -0.25) is 4.79 Å². The summed E-state index contributed by atoms with van der Waals surface area (Å²) in [4.78, 5) is 12.2. The predicted molar refractivity (Wildman–Crippen MR) is 86.8 cm³/mol. The van der Waals surface area contributed by atoms with Crippen LogP contribution in [0, 0.1) is 0 Å². The number of halogens is 2. The Hall–Kier alpha value is -1.76. The Kier molecular flexibility index (Phi) is 4.23. The zero-order valence-electron chi connectivity index (χ0n) is 11.7. The van der Waals surface area contributed by atoms with Crippen LogP contribution < -0.4 is 9.46 Å². The number of sulfonamides is 1. The molecule has 0 aromatic heterocycles. The van der Waals surface area contributed by atoms with Gasteiger partial charge in [-0.15, -0.1) is 0 Å². The molecule has 1 heterocycles. The number of hydrogen-bond acceptors (Lipinski definition) is 4. The smallest absolute Gasteiger partial charge is 0.266 e. The van der Waals surface area contributed by atoms with Crippen LogP contribution in [0.5, 0.6) is 5.75 Å². The number of carbonyl (C=O) groups excluding carboxylic acids is 1. The number of amides is 1. The van der Waals surface area contributed by atoms with Crippen LogP contribution in [0.4, 0.5) is 0 Å². The molecular weight excluding hydrogens is 361 g/mol. The van der Waals surface area contributed by atoms with Gasteiger partial charge in [0, 0.05) is 11.4 Å². The van der Waals surface area contributed by atoms with Gasteiger partial charge in [-0.25, -0.2) is 13.1 Å². The van der Waals surface area contributed by atoms with Crippen molar-refractivity contribution in [3.05, 3.63) is 57.6 Å². The summed E-state index contributed by atoms with van der Waals surface area (Å²) in [6.45, 7) is 0.519. The first-order valence-corrected chi connectivity index (χ1v) is 8.89. The van der Waals surface area contributed by atoms with E-state index in [-0.39, 0.29) is 15.5 Å². The van der Waals surface area contributed by atoms with E-state index in [4.69, 9.17) is 27.9 Å². The molecule has 0 aliphatic carbocycles. The average Bonchev–Trinajstić information content (AvgIpc) is 2.93. The van der Waals surface area contributed by atoms with Gasteiger partial charge in [0.1, 0.15) is 5.75 Å². The highest BCUT2D eigenvalue weighted by Crippen LogP contribution is 2.28. The van der Waals surface area contributed by atoms with Gasteiger partial charge in [-0.2, -0.15) is 0 Å². The molecule has 0 fully saturated rings. The lowest BCUT2D eigenvalue weighted by molar-refractivity contribution is 0.0981. The normalized spacial score (nSPS) is 13.3. The number of fused-ring (bicyclic) bond motifs is 1. The standard InChI is InChI=1S/C15H11Cl2NO4S/c16-10-1-3-12(13(17)8-10)15(19)18-23(20,21)11-2-4-14-9(7-11)5-6-22-14/h1-4,7-8H,5-6H2,(H,18,19). The number of benzene rings is 2. The second-order valence-corrected chi connectivity index (χ2v) is 7.45. The molecule has 8 heteroatoms. The fourth-order valence-electron chi connectivity index (χ4n) is 2.24. The highest BCUT2D eigenvalue weighted by atomic mass is 35.5. The minimum absolute atomic E-state index is 0.000172. The van der Waals surface area contributed by atoms with Crippen LogP contribution in [-0.2, 0) is 16.4 Å². The van der Waals surface area contributed by atoms with Gasteiger partial charge >= 0.3 is 0 Å². The zero-order valence-corrected chi connectivity index (χ0v) is 14.0. The summed E-state index contributed by atoms with van der Waals surface area (Å²) in [7, 11) is -4.00. The van der Waals surface area contributed by atoms with Crippen LogP contribution in [0.2, 0.25) is 10.0 Å². The van der Waals surface area contributed by atoms with Gasteiger partial charge < -0.3 is 4.74 Å². The molecule has 0 bridgehead atoms. The third kappa shape index (κ3) is 3.29. The SMILES string of the molecule is O=C(NS(=O)(=O)c1ccc2c(c1)CCO2)c1ccc(Cl)cc1Cl. The van der Waals surface area contributed by atoms with Crippen molar-refractivity contribution in [2.75, 3.05) is 6.61 Å². The van der Waals surface area contributed by atoms with Gasteiger partial charge in [0.25, 0.3) is 15.9 Å². The van der Waals surface area contributed by atoms with E-state index in [0.29, 0.717) is 23.8 Å². The van der Waals surface area contributed by atoms with E-state index < -0.39 is 15.9 Å². The second kappa shape index (κ2) is 6.03. The Morgan fingerprint density at radius 1 is 1.13 bits per heavy atom. The summed E-state index contributed by atoms with van der Waals surface area (Å²) in [5, 5.41) is 0.431. The van der Waals surface area contributed by atoms with Crippen molar-refractivity contribution >= 4 is 39.1 Å². The first-order chi connectivity index (χ1) is 10.9. The fourth-order valence-corrected chi connectivity index (χ4v) is 3.75. The van der Waals surface area contributed by atoms with Crippen LogP contribution in [0.3, 0.4) is 0 Å². The maximum absolute atomic E-state index is 12.4. The van der Waals surface area contributed by atoms with Crippen LogP contribution >= 0.6 is 23.2 Å². The molecule has 0 saturated heterocycles. The summed E-state index contributed by atoms with van der Waals surface area (Å²) in [5.74, 6) is -0.153. The van der Waals surface area contributed by atoms with Gasteiger partial charge in [-0.05, 0) is 42.0 Å². The Bertz CT molecular complexity index is 896. The van der Waals surface area contributed by atoms with Crippen molar-refractivity contribution in [1.29, 1.82) is 0 Å². The number of nitrogens with one attached hydrogen (secondary N) is 1. The average molecular weight is 372 g/mol. The van der Waals surface area contributed by atoms with Crippen molar-refractivity contribution in [2.24, 2.45) is 0 Å². The van der Waals surface area contributed by atoms with E-state index in [9.17, 15) is 13.2 Å². The lowest BCUT2D eigenvalue weighted by Crippen LogP contribution is -2.30. The number of rotatable bonds is 3. The Labute approximate surface area is 143 Å². The third-order valence-corrected chi connectivity index (χ3v) is 5.25. The van der Waals surface area contributed by atoms with Crippen molar-refractivity contribution in [2.45, 2.75) is 11.3 Å². The molecular formula is C15H11Cl2NO4S. The van der Waals surface area contributed by atoms with E-state index >= 15 is 0 Å². The van der Waals surface area contributed by atoms with E-state index in [1.807, 2.05) is 4.72 Å². The van der Waals surface area contributed by atoms with Crippen molar-refractivity contribution in [3.8, 4) is 5.75 Å². The van der Waals surface area contributed by atoms with E-state index in [1.165, 1.54) is 30.3 Å². The van der Waals surface area contributed by atoms with Crippen LogP contribution in [0.15, 0.2) is 41.3 Å². The topological polar surface area (TPSA) is 72.5 Å². The van der Waals surface area contributed by atoms with Crippen LogP contribution in [0.25, 0.3) is 0 Å². The molecule has 2 aromatic carbocycles. The van der Waals surface area contributed by atoms with Crippen LogP contribution in [0.1, 0.15) is 15.9 Å². The number of carbonyl (C=O) groups is 1. The molecule has 1 N–H and O–H groups in total. The molecule has 5 nitrogen and oxygen atoms in total. The van der Waals surface area contributed by atoms with Crippen molar-refractivity contribution in [1.82, 2.24) is 4.72 Å². The van der Waals surface area contributed by atoms with Crippen LogP contribution in [-0.4, -0.2) is 20.9 Å². The first-order valence-electron chi connectivity index (χ1n) is 6.65. The Balaban J connectivity index is 1.87. The fraction of sp³-hybridized carbons (Fsp3) is 0.133. The van der Waals surface area contributed by atoms with Gasteiger partial charge in [0.15, 0.2) is 0 Å². The Morgan fingerprint density at radius 2 is 1.91 bits per heavy atom. The molecule has 0 unspecified atom stereocenters. The van der Waals surface area contributed by atoms with Crippen molar-refractivity contribution in [3.63, 3.8) is 0 Å². The maximum Gasteiger partial charge on any atom is 0.266 e. The highest BCUT2D eigenvalue weighted by molar-refractivity contribution is 7.90. The molecule has 3 rings (SSSR count). The third-order valence-electron chi connectivity index (χ3n) is 3.37. The minimum atomic E-state index is -4.00.